The molecule has 0 heterocycles. The lowest BCUT2D eigenvalue weighted by Crippen LogP contribution is -2.29. The molecule has 0 aromatic rings. The minimum Gasteiger partial charge on any atom is -0.473 e. The molecule has 0 saturated heterocycles. The van der Waals surface area contributed by atoms with Gasteiger partial charge in [0.15, 0.2) is 5.88 Å². The number of nitrogens with one attached hydrogen (secondary N) is 1. The van der Waals surface area contributed by atoms with Crippen molar-refractivity contribution in [1.29, 1.82) is 0 Å². The van der Waals surface area contributed by atoms with E-state index in [1.54, 1.807) is 6.08 Å². The fraction of sp³-hybridized carbons (Fsp3) is 0.714. The molecule has 0 rings (SSSR count). The first-order valence-corrected chi connectivity index (χ1v) is 3.31. The highest BCUT2D eigenvalue weighted by molar-refractivity contribution is 4.87. The van der Waals surface area contributed by atoms with Crippen LogP contribution in [0.3, 0.4) is 0 Å². The molecule has 0 radical (unpaired) electrons. The number of nitrogens with two attached hydrogens (primary N) is 1. The SMILES string of the molecule is CC=C(NN)OC(C)(C)C. The Morgan fingerprint density at radius 3 is 2.10 bits per heavy atom. The van der Waals surface area contributed by atoms with Crippen LogP contribution >= 0.6 is 0 Å². The summed E-state index contributed by atoms with van der Waals surface area (Å²) in [5.74, 6) is 5.75. The molecule has 0 aromatic carbocycles. The molecule has 10 heavy (non-hydrogen) atoms. The number of hydrogen-bond acceptors (Lipinski definition) is 3. The van der Waals surface area contributed by atoms with Crippen LogP contribution in [0.1, 0.15) is 27.7 Å². The monoisotopic (exact) mass is 144 g/mol. The van der Waals surface area contributed by atoms with Crippen molar-refractivity contribution in [3.05, 3.63) is 12.0 Å². The van der Waals surface area contributed by atoms with Crippen molar-refractivity contribution in [2.75, 3.05) is 0 Å². The minimum absolute atomic E-state index is 0.186. The molecule has 0 aliphatic carbocycles. The van der Waals surface area contributed by atoms with Crippen LogP contribution in [-0.2, 0) is 4.74 Å². The zero-order valence-electron chi connectivity index (χ0n) is 7.06. The van der Waals surface area contributed by atoms with Gasteiger partial charge in [0.05, 0.1) is 0 Å². The first-order valence-electron chi connectivity index (χ1n) is 3.31. The van der Waals surface area contributed by atoms with Gasteiger partial charge < -0.3 is 4.74 Å². The van der Waals surface area contributed by atoms with Crippen LogP contribution in [0.4, 0.5) is 0 Å². The Balaban J connectivity index is 3.88. The molecule has 0 aromatic heterocycles. The third-order valence-corrected chi connectivity index (χ3v) is 0.821. The Morgan fingerprint density at radius 1 is 1.50 bits per heavy atom. The molecule has 0 fully saturated rings. The second-order valence-electron chi connectivity index (χ2n) is 3.01. The summed E-state index contributed by atoms with van der Waals surface area (Å²) in [6.07, 6.45) is 1.78. The molecule has 0 unspecified atom stereocenters. The summed E-state index contributed by atoms with van der Waals surface area (Å²) in [7, 11) is 0. The Labute approximate surface area is 62.2 Å². The van der Waals surface area contributed by atoms with Crippen LogP contribution in [0, 0.1) is 0 Å². The van der Waals surface area contributed by atoms with Crippen molar-refractivity contribution >= 4 is 0 Å². The predicted molar refractivity (Wildman–Crippen MR) is 41.9 cm³/mol. The smallest absolute Gasteiger partial charge is 0.197 e. The van der Waals surface area contributed by atoms with Gasteiger partial charge in [-0.05, 0) is 33.8 Å². The van der Waals surface area contributed by atoms with E-state index in [2.05, 4.69) is 5.43 Å². The highest BCUT2D eigenvalue weighted by Gasteiger charge is 2.11. The van der Waals surface area contributed by atoms with E-state index < -0.39 is 0 Å². The van der Waals surface area contributed by atoms with E-state index in [0.29, 0.717) is 5.88 Å². The zero-order valence-corrected chi connectivity index (χ0v) is 7.06. The lowest BCUT2D eigenvalue weighted by molar-refractivity contribution is 0.0402. The Bertz CT molecular complexity index is 124. The van der Waals surface area contributed by atoms with Gasteiger partial charge in [-0.15, -0.1) is 0 Å². The van der Waals surface area contributed by atoms with E-state index >= 15 is 0 Å². The molecular weight excluding hydrogens is 128 g/mol. The maximum atomic E-state index is 5.36. The van der Waals surface area contributed by atoms with Gasteiger partial charge in [-0.3, -0.25) is 5.43 Å². The topological polar surface area (TPSA) is 47.3 Å². The molecule has 3 nitrogen and oxygen atoms in total. The lowest BCUT2D eigenvalue weighted by Gasteiger charge is -2.22. The average Bonchev–Trinajstić information content (AvgIpc) is 1.81. The van der Waals surface area contributed by atoms with E-state index in [1.807, 2.05) is 27.7 Å². The Hall–Kier alpha value is -0.700. The Kier molecular flexibility index (Phi) is 3.22. The summed E-state index contributed by atoms with van der Waals surface area (Å²) in [6, 6.07) is 0. The van der Waals surface area contributed by atoms with E-state index in [0.717, 1.165) is 0 Å². The standard InChI is InChI=1S/C7H16N2O/c1-5-6(9-8)10-7(2,3)4/h5,9H,8H2,1-4H3. The maximum Gasteiger partial charge on any atom is 0.197 e. The van der Waals surface area contributed by atoms with Crippen molar-refractivity contribution in [2.24, 2.45) is 5.84 Å². The van der Waals surface area contributed by atoms with E-state index in [1.165, 1.54) is 0 Å². The lowest BCUT2D eigenvalue weighted by atomic mass is 10.2. The van der Waals surface area contributed by atoms with Crippen LogP contribution in [0.25, 0.3) is 0 Å². The summed E-state index contributed by atoms with van der Waals surface area (Å²) in [5.41, 5.74) is 2.26. The van der Waals surface area contributed by atoms with Gasteiger partial charge in [-0.25, -0.2) is 5.84 Å². The highest BCUT2D eigenvalue weighted by atomic mass is 16.5. The largest absolute Gasteiger partial charge is 0.473 e. The number of allylic oxidation sites excluding steroid dienone is 1. The van der Waals surface area contributed by atoms with Gasteiger partial charge in [-0.1, -0.05) is 0 Å². The average molecular weight is 144 g/mol. The first-order chi connectivity index (χ1) is 4.49. The van der Waals surface area contributed by atoms with Crippen LogP contribution in [-0.4, -0.2) is 5.60 Å². The van der Waals surface area contributed by atoms with Crippen LogP contribution in [0.15, 0.2) is 12.0 Å². The van der Waals surface area contributed by atoms with Gasteiger partial charge >= 0.3 is 0 Å². The second kappa shape index (κ2) is 3.46. The quantitative estimate of drug-likeness (QED) is 0.347. The van der Waals surface area contributed by atoms with Gasteiger partial charge in [-0.2, -0.15) is 0 Å². The predicted octanol–water partition coefficient (Wildman–Crippen LogP) is 1.13. The molecule has 0 amide bonds. The third kappa shape index (κ3) is 4.21. The second-order valence-corrected chi connectivity index (χ2v) is 3.01. The molecule has 0 aliphatic heterocycles. The maximum absolute atomic E-state index is 5.36. The summed E-state index contributed by atoms with van der Waals surface area (Å²) >= 11 is 0. The molecule has 0 saturated carbocycles. The van der Waals surface area contributed by atoms with Crippen molar-refractivity contribution in [2.45, 2.75) is 33.3 Å². The molecule has 3 heteroatoms. The summed E-state index contributed by atoms with van der Waals surface area (Å²) in [4.78, 5) is 0. The highest BCUT2D eigenvalue weighted by Crippen LogP contribution is 2.10. The van der Waals surface area contributed by atoms with E-state index in [9.17, 15) is 0 Å². The molecular formula is C7H16N2O. The van der Waals surface area contributed by atoms with Gasteiger partial charge in [0, 0.05) is 0 Å². The zero-order chi connectivity index (χ0) is 8.20. The number of ether oxygens (including phenoxy) is 1. The minimum atomic E-state index is -0.186. The molecule has 0 aliphatic rings. The van der Waals surface area contributed by atoms with Gasteiger partial charge in [0.1, 0.15) is 5.60 Å². The van der Waals surface area contributed by atoms with Gasteiger partial charge in [0.25, 0.3) is 0 Å². The molecule has 0 spiro atoms. The number of rotatable bonds is 2. The first kappa shape index (κ1) is 9.30. The van der Waals surface area contributed by atoms with Crippen molar-refractivity contribution in [1.82, 2.24) is 5.43 Å². The molecule has 60 valence electrons. The Morgan fingerprint density at radius 2 is 2.00 bits per heavy atom. The van der Waals surface area contributed by atoms with E-state index in [4.69, 9.17) is 10.6 Å². The fourth-order valence-corrected chi connectivity index (χ4v) is 0.502. The fourth-order valence-electron chi connectivity index (χ4n) is 0.502. The third-order valence-electron chi connectivity index (χ3n) is 0.821. The van der Waals surface area contributed by atoms with Crippen molar-refractivity contribution in [3.63, 3.8) is 0 Å². The van der Waals surface area contributed by atoms with Crippen LogP contribution in [0.5, 0.6) is 0 Å². The van der Waals surface area contributed by atoms with Crippen LogP contribution < -0.4 is 11.3 Å². The number of hydrogen-bond donors (Lipinski definition) is 2. The summed E-state index contributed by atoms with van der Waals surface area (Å²) < 4.78 is 5.36. The summed E-state index contributed by atoms with van der Waals surface area (Å²) in [5, 5.41) is 0. The number of hydrazine groups is 1. The molecule has 3 N–H and O–H groups in total. The van der Waals surface area contributed by atoms with E-state index in [-0.39, 0.29) is 5.60 Å². The normalized spacial score (nSPS) is 13.1. The summed E-state index contributed by atoms with van der Waals surface area (Å²) in [6.45, 7) is 7.76. The van der Waals surface area contributed by atoms with Crippen LogP contribution in [0.2, 0.25) is 0 Å². The van der Waals surface area contributed by atoms with Crippen molar-refractivity contribution in [3.8, 4) is 0 Å². The molecule has 0 atom stereocenters. The van der Waals surface area contributed by atoms with Crippen molar-refractivity contribution < 1.29 is 4.74 Å². The molecule has 0 bridgehead atoms. The van der Waals surface area contributed by atoms with Gasteiger partial charge in [0.2, 0.25) is 0 Å².